The maximum absolute atomic E-state index is 13.4. The van der Waals surface area contributed by atoms with E-state index in [2.05, 4.69) is 20.2 Å². The molecule has 1 aliphatic rings. The van der Waals surface area contributed by atoms with E-state index in [0.717, 1.165) is 11.8 Å². The molecule has 1 saturated heterocycles. The summed E-state index contributed by atoms with van der Waals surface area (Å²) in [5.41, 5.74) is -5.08. The second-order valence-electron chi connectivity index (χ2n) is 10.4. The lowest BCUT2D eigenvalue weighted by molar-refractivity contribution is -0.143. The van der Waals surface area contributed by atoms with Crippen LogP contribution in [0, 0.1) is 0 Å². The Morgan fingerprint density at radius 2 is 1.67 bits per heavy atom. The normalized spacial score (nSPS) is 22.7. The van der Waals surface area contributed by atoms with Crippen LogP contribution >= 0.6 is 0 Å². The van der Waals surface area contributed by atoms with Gasteiger partial charge in [-0.15, -0.1) is 0 Å². The number of alkyl halides is 6. The third-order valence-corrected chi connectivity index (χ3v) is 8.15. The first-order valence-corrected chi connectivity index (χ1v) is 14.6. The largest absolute Gasteiger partial charge is 0.416 e. The molecule has 0 aliphatic carbocycles. The highest BCUT2D eigenvalue weighted by atomic mass is 32.2. The number of nitrogens with zero attached hydrogens (tertiary/aromatic N) is 2. The van der Waals surface area contributed by atoms with E-state index in [1.165, 1.54) is 17.8 Å². The Morgan fingerprint density at radius 1 is 1.05 bits per heavy atom. The summed E-state index contributed by atoms with van der Waals surface area (Å²) in [6, 6.07) is 10.2. The highest BCUT2D eigenvalue weighted by molar-refractivity contribution is 7.88. The number of sulfonamides is 1. The third kappa shape index (κ3) is 7.04. The lowest BCUT2D eigenvalue weighted by atomic mass is 9.76. The van der Waals surface area contributed by atoms with Gasteiger partial charge in [0, 0.05) is 13.1 Å². The summed E-state index contributed by atoms with van der Waals surface area (Å²) in [5.74, 6) is 0. The molecule has 0 unspecified atom stereocenters. The number of ether oxygens (including phenoxy) is 1. The van der Waals surface area contributed by atoms with Gasteiger partial charge in [-0.3, -0.25) is 4.57 Å². The van der Waals surface area contributed by atoms with Gasteiger partial charge >= 0.3 is 18.0 Å². The van der Waals surface area contributed by atoms with Crippen molar-refractivity contribution in [1.82, 2.24) is 24.8 Å². The number of aromatic amines is 1. The van der Waals surface area contributed by atoms with E-state index in [9.17, 15) is 39.6 Å². The zero-order valence-corrected chi connectivity index (χ0v) is 23.3. The van der Waals surface area contributed by atoms with E-state index in [-0.39, 0.29) is 44.2 Å². The summed E-state index contributed by atoms with van der Waals surface area (Å²) in [6.07, 6.45) is -8.43. The molecule has 0 saturated carbocycles. The van der Waals surface area contributed by atoms with Crippen molar-refractivity contribution in [2.45, 2.75) is 49.3 Å². The first-order chi connectivity index (χ1) is 19.4. The minimum atomic E-state index is -5.00. The Balaban J connectivity index is 1.64. The highest BCUT2D eigenvalue weighted by Gasteiger charge is 2.46. The SMILES string of the molecule is C[C@@H](OC[C@@]1(c2ccccc2)CC[C@](CNS(C)(=O)=O)(n2cn[nH]c2=O)CN1)c1cc(C(F)(F)F)cc(C(F)(F)F)c1. The molecule has 4 rings (SSSR count). The van der Waals surface area contributed by atoms with Crippen LogP contribution in [0.1, 0.15) is 48.1 Å². The van der Waals surface area contributed by atoms with Crippen LogP contribution in [-0.4, -0.2) is 49.1 Å². The van der Waals surface area contributed by atoms with Crippen LogP contribution < -0.4 is 15.7 Å². The number of nitrogens with one attached hydrogen (secondary N) is 3. The van der Waals surface area contributed by atoms with Gasteiger partial charge in [-0.1, -0.05) is 30.3 Å². The van der Waals surface area contributed by atoms with E-state index in [4.69, 9.17) is 4.74 Å². The summed E-state index contributed by atoms with van der Waals surface area (Å²) in [4.78, 5) is 12.5. The quantitative estimate of drug-likeness (QED) is 0.312. The first kappa shape index (κ1) is 31.7. The summed E-state index contributed by atoms with van der Waals surface area (Å²) in [5, 5.41) is 9.40. The fraction of sp³-hybridized carbons (Fsp3) is 0.462. The van der Waals surface area contributed by atoms with Crippen molar-refractivity contribution in [3.63, 3.8) is 0 Å². The molecule has 230 valence electrons. The molecule has 42 heavy (non-hydrogen) atoms. The highest BCUT2D eigenvalue weighted by Crippen LogP contribution is 2.40. The van der Waals surface area contributed by atoms with Gasteiger partial charge in [-0.05, 0) is 49.1 Å². The Morgan fingerprint density at radius 3 is 2.14 bits per heavy atom. The molecule has 1 fully saturated rings. The first-order valence-electron chi connectivity index (χ1n) is 12.7. The summed E-state index contributed by atoms with van der Waals surface area (Å²) in [6.45, 7) is 1.10. The molecule has 3 N–H and O–H groups in total. The maximum Gasteiger partial charge on any atom is 0.416 e. The molecule has 2 aromatic carbocycles. The summed E-state index contributed by atoms with van der Waals surface area (Å²) < 4.78 is 114. The van der Waals surface area contributed by atoms with Gasteiger partial charge in [0.2, 0.25) is 10.0 Å². The van der Waals surface area contributed by atoms with Gasteiger partial charge in [0.15, 0.2) is 0 Å². The molecule has 3 aromatic rings. The number of piperidine rings is 1. The zero-order valence-electron chi connectivity index (χ0n) is 22.5. The predicted molar refractivity (Wildman–Crippen MR) is 140 cm³/mol. The molecule has 0 spiro atoms. The minimum absolute atomic E-state index is 0.0450. The number of benzene rings is 2. The lowest BCUT2D eigenvalue weighted by Gasteiger charge is -2.48. The average molecular weight is 622 g/mol. The van der Waals surface area contributed by atoms with Gasteiger partial charge in [-0.2, -0.15) is 31.4 Å². The van der Waals surface area contributed by atoms with Crippen LogP contribution in [0.5, 0.6) is 0 Å². The number of rotatable bonds is 9. The molecule has 16 heteroatoms. The van der Waals surface area contributed by atoms with Gasteiger partial charge in [-0.25, -0.2) is 23.0 Å². The molecular formula is C26H29F6N5O4S. The van der Waals surface area contributed by atoms with Crippen molar-refractivity contribution in [2.75, 3.05) is 26.0 Å². The van der Waals surface area contributed by atoms with E-state index in [1.807, 2.05) is 0 Å². The van der Waals surface area contributed by atoms with Crippen molar-refractivity contribution >= 4 is 10.0 Å². The molecule has 0 radical (unpaired) electrons. The zero-order chi connectivity index (χ0) is 31.0. The van der Waals surface area contributed by atoms with Gasteiger partial charge in [0.05, 0.1) is 41.2 Å². The second-order valence-corrected chi connectivity index (χ2v) is 12.3. The second kappa shape index (κ2) is 11.5. The van der Waals surface area contributed by atoms with Crippen LogP contribution in [0.15, 0.2) is 59.7 Å². The van der Waals surface area contributed by atoms with Crippen molar-refractivity contribution in [1.29, 1.82) is 0 Å². The number of hydrogen-bond donors (Lipinski definition) is 3. The molecule has 9 nitrogen and oxygen atoms in total. The topological polar surface area (TPSA) is 118 Å². The van der Waals surface area contributed by atoms with Crippen LogP contribution in [0.4, 0.5) is 26.3 Å². The Hall–Kier alpha value is -3.21. The third-order valence-electron chi connectivity index (χ3n) is 7.49. The van der Waals surface area contributed by atoms with Crippen LogP contribution in [0.3, 0.4) is 0 Å². The standard InChI is InChI=1S/C26H29F6N5O4S/c1-17(18-10-20(25(27,28)29)12-21(11-18)26(30,31)32)41-15-24(19-6-4-3-5-7-19)9-8-23(13-33-24,14-35-42(2,39)40)37-16-34-36-22(37)38/h3-7,10-12,16-17,33,35H,8-9,13-15H2,1-2H3,(H,36,38)/t17-,23+,24-/m1/s1. The number of halogens is 6. The Labute approximate surface area is 237 Å². The van der Waals surface area contributed by atoms with E-state index in [0.29, 0.717) is 12.1 Å². The lowest BCUT2D eigenvalue weighted by Crippen LogP contribution is -2.63. The summed E-state index contributed by atoms with van der Waals surface area (Å²) in [7, 11) is -3.64. The Bertz CT molecular complexity index is 1510. The van der Waals surface area contributed by atoms with Gasteiger partial charge in [0.25, 0.3) is 0 Å². The average Bonchev–Trinajstić information content (AvgIpc) is 3.36. The molecule has 3 atom stereocenters. The van der Waals surface area contributed by atoms with Crippen molar-refractivity contribution in [3.05, 3.63) is 87.6 Å². The Kier molecular flexibility index (Phi) is 8.66. The van der Waals surface area contributed by atoms with Crippen molar-refractivity contribution in [2.24, 2.45) is 0 Å². The van der Waals surface area contributed by atoms with Crippen LogP contribution in [-0.2, 0) is 38.2 Å². The van der Waals surface area contributed by atoms with Crippen LogP contribution in [0.2, 0.25) is 0 Å². The number of H-pyrrole nitrogens is 1. The molecule has 0 amide bonds. The fourth-order valence-corrected chi connectivity index (χ4v) is 5.57. The smallest absolute Gasteiger partial charge is 0.372 e. The summed E-state index contributed by atoms with van der Waals surface area (Å²) >= 11 is 0. The van der Waals surface area contributed by atoms with Crippen molar-refractivity contribution < 1.29 is 39.5 Å². The molecule has 0 bridgehead atoms. The molecular weight excluding hydrogens is 592 g/mol. The number of hydrogen-bond acceptors (Lipinski definition) is 6. The number of aromatic nitrogens is 3. The van der Waals surface area contributed by atoms with Gasteiger partial charge < -0.3 is 10.1 Å². The van der Waals surface area contributed by atoms with Crippen LogP contribution in [0.25, 0.3) is 0 Å². The van der Waals surface area contributed by atoms with Gasteiger partial charge in [0.1, 0.15) is 6.33 Å². The molecule has 1 aliphatic heterocycles. The minimum Gasteiger partial charge on any atom is -0.372 e. The monoisotopic (exact) mass is 621 g/mol. The van der Waals surface area contributed by atoms with E-state index >= 15 is 0 Å². The predicted octanol–water partition coefficient (Wildman–Crippen LogP) is 3.91. The fourth-order valence-electron chi connectivity index (χ4n) is 5.04. The maximum atomic E-state index is 13.4. The van der Waals surface area contributed by atoms with E-state index < -0.39 is 56.4 Å². The molecule has 1 aromatic heterocycles. The molecule has 2 heterocycles. The van der Waals surface area contributed by atoms with Crippen molar-refractivity contribution in [3.8, 4) is 0 Å². The van der Waals surface area contributed by atoms with E-state index in [1.54, 1.807) is 30.3 Å².